The highest BCUT2D eigenvalue weighted by molar-refractivity contribution is 7.92. The molecule has 8 nitrogen and oxygen atoms in total. The first-order chi connectivity index (χ1) is 14.8. The Morgan fingerprint density at radius 3 is 2.52 bits per heavy atom. The zero-order valence-corrected chi connectivity index (χ0v) is 16.5. The SMILES string of the molecule is O=C(Nc1ccnc(S(=O)(=O)Nc2ccc(F)cc2)c1)c1cccc2ccc(=O)oc12. The highest BCUT2D eigenvalue weighted by Gasteiger charge is 2.18. The number of amides is 1. The average Bonchev–Trinajstić information content (AvgIpc) is 2.75. The first-order valence-corrected chi connectivity index (χ1v) is 10.4. The summed E-state index contributed by atoms with van der Waals surface area (Å²) in [4.78, 5) is 28.1. The van der Waals surface area contributed by atoms with E-state index in [0.29, 0.717) is 5.39 Å². The van der Waals surface area contributed by atoms with Gasteiger partial charge in [-0.2, -0.15) is 8.42 Å². The van der Waals surface area contributed by atoms with Gasteiger partial charge in [-0.25, -0.2) is 14.2 Å². The molecule has 0 unspecified atom stereocenters. The number of hydrogen-bond acceptors (Lipinski definition) is 6. The predicted molar refractivity (Wildman–Crippen MR) is 112 cm³/mol. The van der Waals surface area contributed by atoms with Gasteiger partial charge in [0.25, 0.3) is 15.9 Å². The second-order valence-electron chi connectivity index (χ2n) is 6.43. The van der Waals surface area contributed by atoms with E-state index in [2.05, 4.69) is 15.0 Å². The lowest BCUT2D eigenvalue weighted by Crippen LogP contribution is -2.16. The third kappa shape index (κ3) is 4.43. The molecule has 1 amide bonds. The summed E-state index contributed by atoms with van der Waals surface area (Å²) in [5.74, 6) is -1.10. The van der Waals surface area contributed by atoms with Crippen molar-refractivity contribution in [2.45, 2.75) is 5.03 Å². The summed E-state index contributed by atoms with van der Waals surface area (Å²) < 4.78 is 45.6. The van der Waals surface area contributed by atoms with E-state index in [1.165, 1.54) is 48.7 Å². The number of carbonyl (C=O) groups excluding carboxylic acids is 1. The molecule has 0 saturated carbocycles. The first kappa shape index (κ1) is 20.2. The van der Waals surface area contributed by atoms with Gasteiger partial charge in [-0.3, -0.25) is 9.52 Å². The molecule has 4 rings (SSSR count). The molecule has 0 aliphatic carbocycles. The van der Waals surface area contributed by atoms with Crippen LogP contribution in [0.5, 0.6) is 0 Å². The van der Waals surface area contributed by atoms with Crippen LogP contribution in [0.15, 0.2) is 87.2 Å². The van der Waals surface area contributed by atoms with Gasteiger partial charge in [0.05, 0.1) is 5.56 Å². The molecule has 10 heteroatoms. The Morgan fingerprint density at radius 1 is 0.968 bits per heavy atom. The summed E-state index contributed by atoms with van der Waals surface area (Å²) in [5.41, 5.74) is -0.0525. The molecule has 2 aromatic heterocycles. The fourth-order valence-electron chi connectivity index (χ4n) is 2.83. The Balaban J connectivity index is 1.60. The van der Waals surface area contributed by atoms with Gasteiger partial charge in [-0.15, -0.1) is 0 Å². The van der Waals surface area contributed by atoms with Gasteiger partial charge in [0.2, 0.25) is 0 Å². The minimum Gasteiger partial charge on any atom is -0.422 e. The van der Waals surface area contributed by atoms with Crippen LogP contribution in [0, 0.1) is 5.82 Å². The standard InChI is InChI=1S/C21H14FN3O5S/c22-14-5-7-15(8-6-14)25-31(28,29)18-12-16(10-11-23-18)24-21(27)17-3-1-2-13-4-9-19(26)30-20(13)17/h1-12,25H,(H,23,24,27). The zero-order valence-electron chi connectivity index (χ0n) is 15.7. The second kappa shape index (κ2) is 8.00. The maximum Gasteiger partial charge on any atom is 0.336 e. The zero-order chi connectivity index (χ0) is 22.0. The van der Waals surface area contributed by atoms with Crippen molar-refractivity contribution >= 4 is 38.3 Å². The minimum absolute atomic E-state index is 0.112. The third-order valence-corrected chi connectivity index (χ3v) is 5.53. The Hall–Kier alpha value is -4.05. The molecule has 2 aromatic carbocycles. The fourth-order valence-corrected chi connectivity index (χ4v) is 3.86. The Bertz CT molecular complexity index is 1450. The van der Waals surface area contributed by atoms with Gasteiger partial charge in [0, 0.05) is 35.1 Å². The predicted octanol–water partition coefficient (Wildman–Crippen LogP) is 3.38. The largest absolute Gasteiger partial charge is 0.422 e. The van der Waals surface area contributed by atoms with E-state index in [9.17, 15) is 22.4 Å². The van der Waals surface area contributed by atoms with Crippen LogP contribution in [-0.4, -0.2) is 19.3 Å². The Kier molecular flexibility index (Phi) is 5.22. The molecular formula is C21H14FN3O5S. The topological polar surface area (TPSA) is 118 Å². The molecule has 0 saturated heterocycles. The van der Waals surface area contributed by atoms with Crippen LogP contribution < -0.4 is 15.7 Å². The lowest BCUT2D eigenvalue weighted by Gasteiger charge is -2.10. The van der Waals surface area contributed by atoms with E-state index < -0.39 is 27.4 Å². The summed E-state index contributed by atoms with van der Waals surface area (Å²) in [6.07, 6.45) is 1.22. The summed E-state index contributed by atoms with van der Waals surface area (Å²) in [5, 5.41) is 2.79. The highest BCUT2D eigenvalue weighted by Crippen LogP contribution is 2.21. The van der Waals surface area contributed by atoms with Crippen molar-refractivity contribution in [3.63, 3.8) is 0 Å². The van der Waals surface area contributed by atoms with Crippen molar-refractivity contribution in [3.8, 4) is 0 Å². The van der Waals surface area contributed by atoms with Crippen molar-refractivity contribution in [2.24, 2.45) is 0 Å². The molecule has 4 aromatic rings. The van der Waals surface area contributed by atoms with Gasteiger partial charge < -0.3 is 9.73 Å². The minimum atomic E-state index is -4.08. The molecule has 0 bridgehead atoms. The highest BCUT2D eigenvalue weighted by atomic mass is 32.2. The van der Waals surface area contributed by atoms with Crippen molar-refractivity contribution in [1.29, 1.82) is 0 Å². The normalized spacial score (nSPS) is 11.3. The third-order valence-electron chi connectivity index (χ3n) is 4.26. The number of pyridine rings is 1. The Morgan fingerprint density at radius 2 is 1.74 bits per heavy atom. The van der Waals surface area contributed by atoms with Crippen LogP contribution in [0.3, 0.4) is 0 Å². The van der Waals surface area contributed by atoms with E-state index in [1.54, 1.807) is 12.1 Å². The molecule has 2 N–H and O–H groups in total. The molecule has 31 heavy (non-hydrogen) atoms. The number of rotatable bonds is 5. The number of benzene rings is 2. The number of sulfonamides is 1. The summed E-state index contributed by atoms with van der Waals surface area (Å²) in [6, 6.07) is 14.9. The van der Waals surface area contributed by atoms with E-state index in [0.717, 1.165) is 12.1 Å². The molecule has 0 aliphatic rings. The summed E-state index contributed by atoms with van der Waals surface area (Å²) in [6.45, 7) is 0. The maximum absolute atomic E-state index is 13.0. The van der Waals surface area contributed by atoms with Crippen LogP contribution >= 0.6 is 0 Å². The van der Waals surface area contributed by atoms with Gasteiger partial charge in [0.1, 0.15) is 5.82 Å². The smallest absolute Gasteiger partial charge is 0.336 e. The molecule has 0 fully saturated rings. The number of nitrogens with zero attached hydrogens (tertiary/aromatic N) is 1. The number of aromatic nitrogens is 1. The van der Waals surface area contributed by atoms with Crippen LogP contribution in [0.2, 0.25) is 0 Å². The van der Waals surface area contributed by atoms with E-state index in [4.69, 9.17) is 4.42 Å². The number of carbonyl (C=O) groups is 1. The van der Waals surface area contributed by atoms with E-state index in [-0.39, 0.29) is 27.5 Å². The lowest BCUT2D eigenvalue weighted by atomic mass is 10.1. The van der Waals surface area contributed by atoms with E-state index in [1.807, 2.05) is 0 Å². The molecule has 156 valence electrons. The maximum atomic E-state index is 13.0. The molecule has 0 radical (unpaired) electrons. The van der Waals surface area contributed by atoms with Crippen LogP contribution in [0.25, 0.3) is 11.0 Å². The first-order valence-electron chi connectivity index (χ1n) is 8.90. The van der Waals surface area contributed by atoms with Gasteiger partial charge >= 0.3 is 5.63 Å². The van der Waals surface area contributed by atoms with Gasteiger partial charge in [0.15, 0.2) is 10.6 Å². The summed E-state index contributed by atoms with van der Waals surface area (Å²) in [7, 11) is -4.08. The van der Waals surface area contributed by atoms with Crippen LogP contribution in [0.4, 0.5) is 15.8 Å². The van der Waals surface area contributed by atoms with E-state index >= 15 is 0 Å². The number of hydrogen-bond donors (Lipinski definition) is 2. The average molecular weight is 439 g/mol. The molecular weight excluding hydrogens is 425 g/mol. The molecule has 0 atom stereocenters. The molecule has 0 aliphatic heterocycles. The summed E-state index contributed by atoms with van der Waals surface area (Å²) >= 11 is 0. The monoisotopic (exact) mass is 439 g/mol. The molecule has 2 heterocycles. The van der Waals surface area contributed by atoms with Crippen molar-refractivity contribution in [2.75, 3.05) is 10.0 Å². The number of halogens is 1. The lowest BCUT2D eigenvalue weighted by molar-refractivity contribution is 0.102. The van der Waals surface area contributed by atoms with Crippen molar-refractivity contribution < 1.29 is 22.0 Å². The Labute approximate surface area is 175 Å². The van der Waals surface area contributed by atoms with Crippen LogP contribution in [-0.2, 0) is 10.0 Å². The van der Waals surface area contributed by atoms with Crippen molar-refractivity contribution in [1.82, 2.24) is 4.98 Å². The second-order valence-corrected chi connectivity index (χ2v) is 8.06. The quantitative estimate of drug-likeness (QED) is 0.460. The molecule has 0 spiro atoms. The van der Waals surface area contributed by atoms with Crippen molar-refractivity contribution in [3.05, 3.63) is 94.7 Å². The number of anilines is 2. The number of nitrogens with one attached hydrogen (secondary N) is 2. The van der Waals surface area contributed by atoms with Gasteiger partial charge in [-0.1, -0.05) is 12.1 Å². The van der Waals surface area contributed by atoms with Crippen LogP contribution in [0.1, 0.15) is 10.4 Å². The number of fused-ring (bicyclic) bond motifs is 1. The fraction of sp³-hybridized carbons (Fsp3) is 0. The number of para-hydroxylation sites is 1. The van der Waals surface area contributed by atoms with Gasteiger partial charge in [-0.05, 0) is 42.5 Å².